The summed E-state index contributed by atoms with van der Waals surface area (Å²) in [5.41, 5.74) is 2.28. The van der Waals surface area contributed by atoms with Crippen molar-refractivity contribution >= 4 is 61.8 Å². The molecular formula is C10H7BrCl2S2. The van der Waals surface area contributed by atoms with Crippen LogP contribution in [0.1, 0.15) is 20.8 Å². The summed E-state index contributed by atoms with van der Waals surface area (Å²) in [5, 5.41) is 2.14. The zero-order valence-corrected chi connectivity index (χ0v) is 12.5. The van der Waals surface area contributed by atoms with E-state index >= 15 is 0 Å². The van der Waals surface area contributed by atoms with Crippen molar-refractivity contribution in [2.45, 2.75) is 11.8 Å². The van der Waals surface area contributed by atoms with Gasteiger partial charge in [-0.2, -0.15) is 0 Å². The van der Waals surface area contributed by atoms with Crippen LogP contribution in [0.15, 0.2) is 17.5 Å². The molecule has 2 aromatic rings. The third-order valence-corrected chi connectivity index (χ3v) is 5.42. The van der Waals surface area contributed by atoms with E-state index in [-0.39, 0.29) is 4.83 Å². The van der Waals surface area contributed by atoms with E-state index < -0.39 is 0 Å². The van der Waals surface area contributed by atoms with E-state index in [1.807, 2.05) is 6.07 Å². The Morgan fingerprint density at radius 2 is 2.07 bits per heavy atom. The minimum Gasteiger partial charge on any atom is -0.149 e. The van der Waals surface area contributed by atoms with E-state index in [1.165, 1.54) is 21.8 Å². The van der Waals surface area contributed by atoms with E-state index in [2.05, 4.69) is 34.3 Å². The maximum Gasteiger partial charge on any atom is 0.0990 e. The molecule has 1 atom stereocenters. The third-order valence-electron chi connectivity index (χ3n) is 2.00. The highest BCUT2D eigenvalue weighted by molar-refractivity contribution is 9.09. The molecule has 0 radical (unpaired) electrons. The number of thiophene rings is 2. The van der Waals surface area contributed by atoms with Crippen LogP contribution in [0.4, 0.5) is 0 Å². The molecule has 0 aliphatic rings. The maximum absolute atomic E-state index is 6.10. The van der Waals surface area contributed by atoms with Gasteiger partial charge >= 0.3 is 0 Å². The smallest absolute Gasteiger partial charge is 0.0990 e. The fourth-order valence-corrected chi connectivity index (χ4v) is 4.65. The molecule has 0 aliphatic heterocycles. The molecule has 0 aromatic carbocycles. The predicted molar refractivity (Wildman–Crippen MR) is 74.2 cm³/mol. The average Bonchev–Trinajstić information content (AvgIpc) is 2.71. The van der Waals surface area contributed by atoms with Crippen molar-refractivity contribution in [3.05, 3.63) is 42.2 Å². The standard InChI is InChI=1S/C10H7BrCl2S2/c1-5-2-6(4-14-5)9(11)7-3-8(12)15-10(7)13/h2-4,9H,1H3. The number of hydrogen-bond donors (Lipinski definition) is 0. The van der Waals surface area contributed by atoms with Crippen molar-refractivity contribution in [3.63, 3.8) is 0 Å². The van der Waals surface area contributed by atoms with Gasteiger partial charge in [-0.3, -0.25) is 0 Å². The summed E-state index contributed by atoms with van der Waals surface area (Å²) in [7, 11) is 0. The number of hydrogen-bond acceptors (Lipinski definition) is 2. The molecule has 0 saturated carbocycles. The van der Waals surface area contributed by atoms with Crippen molar-refractivity contribution in [1.29, 1.82) is 0 Å². The Hall–Kier alpha value is 0.460. The lowest BCUT2D eigenvalue weighted by Crippen LogP contribution is -1.87. The Morgan fingerprint density at radius 1 is 1.33 bits per heavy atom. The van der Waals surface area contributed by atoms with Crippen molar-refractivity contribution in [2.24, 2.45) is 0 Å². The van der Waals surface area contributed by atoms with Crippen molar-refractivity contribution < 1.29 is 0 Å². The van der Waals surface area contributed by atoms with Crippen LogP contribution in [0.2, 0.25) is 8.67 Å². The molecule has 2 rings (SSSR count). The Labute approximate surface area is 115 Å². The number of aryl methyl sites for hydroxylation is 1. The predicted octanol–water partition coefficient (Wildman–Crippen LogP) is 5.91. The van der Waals surface area contributed by atoms with E-state index in [0.717, 1.165) is 14.2 Å². The van der Waals surface area contributed by atoms with Crippen LogP contribution in [0.25, 0.3) is 0 Å². The number of alkyl halides is 1. The van der Waals surface area contributed by atoms with Gasteiger partial charge in [-0.05, 0) is 30.0 Å². The molecule has 2 heterocycles. The summed E-state index contributed by atoms with van der Waals surface area (Å²) < 4.78 is 1.48. The molecular weight excluding hydrogens is 335 g/mol. The van der Waals surface area contributed by atoms with E-state index in [9.17, 15) is 0 Å². The van der Waals surface area contributed by atoms with Gasteiger partial charge in [-0.1, -0.05) is 39.1 Å². The number of halogens is 3. The highest BCUT2D eigenvalue weighted by Gasteiger charge is 2.17. The molecule has 5 heteroatoms. The van der Waals surface area contributed by atoms with Crippen LogP contribution in [-0.4, -0.2) is 0 Å². The molecule has 0 fully saturated rings. The molecule has 0 bridgehead atoms. The first kappa shape index (κ1) is 11.9. The molecule has 2 aromatic heterocycles. The lowest BCUT2D eigenvalue weighted by Gasteiger charge is -2.05. The van der Waals surface area contributed by atoms with Gasteiger partial charge in [-0.15, -0.1) is 22.7 Å². The summed E-state index contributed by atoms with van der Waals surface area (Å²) >= 11 is 18.8. The van der Waals surface area contributed by atoms with Crippen molar-refractivity contribution in [1.82, 2.24) is 0 Å². The van der Waals surface area contributed by atoms with Gasteiger partial charge in [0.15, 0.2) is 0 Å². The molecule has 0 amide bonds. The van der Waals surface area contributed by atoms with E-state index in [0.29, 0.717) is 0 Å². The Bertz CT molecular complexity index is 475. The molecule has 0 N–H and O–H groups in total. The second-order valence-electron chi connectivity index (χ2n) is 3.13. The quantitative estimate of drug-likeness (QED) is 0.595. The average molecular weight is 342 g/mol. The van der Waals surface area contributed by atoms with Gasteiger partial charge in [0.1, 0.15) is 0 Å². The molecule has 80 valence electrons. The lowest BCUT2D eigenvalue weighted by molar-refractivity contribution is 1.21. The molecule has 0 aliphatic carbocycles. The first-order valence-corrected chi connectivity index (χ1v) is 7.58. The highest BCUT2D eigenvalue weighted by atomic mass is 79.9. The van der Waals surface area contributed by atoms with Crippen LogP contribution < -0.4 is 0 Å². The highest BCUT2D eigenvalue weighted by Crippen LogP contribution is 2.42. The molecule has 0 spiro atoms. The normalized spacial score (nSPS) is 13.1. The van der Waals surface area contributed by atoms with Crippen LogP contribution in [0.3, 0.4) is 0 Å². The summed E-state index contributed by atoms with van der Waals surface area (Å²) in [5.74, 6) is 0. The van der Waals surface area contributed by atoms with Gasteiger partial charge in [0.25, 0.3) is 0 Å². The summed E-state index contributed by atoms with van der Waals surface area (Å²) in [6.45, 7) is 2.09. The van der Waals surface area contributed by atoms with Crippen molar-refractivity contribution in [3.8, 4) is 0 Å². The second-order valence-corrected chi connectivity index (χ2v) is 7.45. The summed E-state index contributed by atoms with van der Waals surface area (Å²) in [6, 6.07) is 4.08. The zero-order chi connectivity index (χ0) is 11.0. The Kier molecular flexibility index (Phi) is 3.79. The van der Waals surface area contributed by atoms with E-state index in [4.69, 9.17) is 23.2 Å². The Balaban J connectivity index is 2.35. The number of rotatable bonds is 2. The monoisotopic (exact) mass is 340 g/mol. The second kappa shape index (κ2) is 4.76. The van der Waals surface area contributed by atoms with Crippen LogP contribution in [0.5, 0.6) is 0 Å². The van der Waals surface area contributed by atoms with Gasteiger partial charge in [-0.25, -0.2) is 0 Å². The molecule has 1 unspecified atom stereocenters. The summed E-state index contributed by atoms with van der Waals surface area (Å²) in [4.78, 5) is 1.44. The van der Waals surface area contributed by atoms with Crippen molar-refractivity contribution in [2.75, 3.05) is 0 Å². The first-order valence-electron chi connectivity index (χ1n) is 4.21. The van der Waals surface area contributed by atoms with E-state index in [1.54, 1.807) is 11.3 Å². The minimum atomic E-state index is 0.138. The third kappa shape index (κ3) is 2.59. The largest absolute Gasteiger partial charge is 0.149 e. The lowest BCUT2D eigenvalue weighted by atomic mass is 10.1. The molecule has 15 heavy (non-hydrogen) atoms. The van der Waals surface area contributed by atoms with Crippen LogP contribution >= 0.6 is 61.8 Å². The Morgan fingerprint density at radius 3 is 2.53 bits per heavy atom. The topological polar surface area (TPSA) is 0 Å². The SMILES string of the molecule is Cc1cc(C(Br)c2cc(Cl)sc2Cl)cs1. The minimum absolute atomic E-state index is 0.138. The van der Waals surface area contributed by atoms with Crippen LogP contribution in [0, 0.1) is 6.92 Å². The zero-order valence-electron chi connectivity index (χ0n) is 7.76. The molecule has 0 saturated heterocycles. The fraction of sp³-hybridized carbons (Fsp3) is 0.200. The maximum atomic E-state index is 6.10. The fourth-order valence-electron chi connectivity index (χ4n) is 1.30. The first-order chi connectivity index (χ1) is 7.08. The van der Waals surface area contributed by atoms with Gasteiger partial charge in [0.05, 0.1) is 13.5 Å². The van der Waals surface area contributed by atoms with Gasteiger partial charge in [0, 0.05) is 10.4 Å². The molecule has 0 nitrogen and oxygen atoms in total. The van der Waals surface area contributed by atoms with Crippen LogP contribution in [-0.2, 0) is 0 Å². The summed E-state index contributed by atoms with van der Waals surface area (Å²) in [6.07, 6.45) is 0. The van der Waals surface area contributed by atoms with Gasteiger partial charge in [0.2, 0.25) is 0 Å². The van der Waals surface area contributed by atoms with Gasteiger partial charge < -0.3 is 0 Å².